The van der Waals surface area contributed by atoms with E-state index < -0.39 is 5.54 Å². The second kappa shape index (κ2) is 7.37. The molecule has 0 aliphatic carbocycles. The van der Waals surface area contributed by atoms with E-state index in [2.05, 4.69) is 47.7 Å². The summed E-state index contributed by atoms with van der Waals surface area (Å²) >= 11 is 0. The number of hydrogen-bond donors (Lipinski definition) is 1. The first-order valence-electron chi connectivity index (χ1n) is 12.3. The highest BCUT2D eigenvalue weighted by atomic mass is 16.5. The van der Waals surface area contributed by atoms with Crippen LogP contribution in [0.3, 0.4) is 0 Å². The smallest absolute Gasteiger partial charge is 0.249 e. The molecule has 7 rings (SSSR count). The van der Waals surface area contributed by atoms with Crippen LogP contribution in [-0.2, 0) is 21.6 Å². The molecule has 0 radical (unpaired) electrons. The largest absolute Gasteiger partial charge is 0.372 e. The standard InChI is InChI=1S/C26H26N8O2/c1-4-34-22(17-10-27-15(2)28-11-17)32-21-20(29-14-30-23(21)34)16-5-6-19-18(9-16)25(3,24(35)31-19)33-12-26(13-33)7-8-36-26/h5-6,9-11,14H,4,7-8,12-13H2,1-3H3,(H,31,35). The predicted molar refractivity (Wildman–Crippen MR) is 133 cm³/mol. The van der Waals surface area contributed by atoms with Crippen LogP contribution < -0.4 is 5.32 Å². The SMILES string of the molecule is CCn1c(-c2cnc(C)nc2)nc2c(-c3ccc4c(c3)C(C)(N3CC5(CCO5)C3)C(=O)N4)ncnc21. The second-order valence-corrected chi connectivity index (χ2v) is 10.0. The van der Waals surface area contributed by atoms with Gasteiger partial charge in [0.25, 0.3) is 0 Å². The van der Waals surface area contributed by atoms with Crippen LogP contribution in [0.1, 0.15) is 31.7 Å². The number of amides is 1. The van der Waals surface area contributed by atoms with E-state index in [1.807, 2.05) is 26.0 Å². The van der Waals surface area contributed by atoms with E-state index in [1.54, 1.807) is 18.7 Å². The quantitative estimate of drug-likeness (QED) is 0.473. The molecule has 0 bridgehead atoms. The van der Waals surface area contributed by atoms with Gasteiger partial charge in [-0.2, -0.15) is 0 Å². The Morgan fingerprint density at radius 2 is 1.89 bits per heavy atom. The molecule has 2 saturated heterocycles. The zero-order valence-electron chi connectivity index (χ0n) is 20.4. The van der Waals surface area contributed by atoms with E-state index in [0.717, 1.165) is 65.7 Å². The Labute approximate surface area is 207 Å². The molecule has 182 valence electrons. The van der Waals surface area contributed by atoms with Gasteiger partial charge < -0.3 is 14.6 Å². The van der Waals surface area contributed by atoms with E-state index in [4.69, 9.17) is 9.72 Å². The average molecular weight is 483 g/mol. The van der Waals surface area contributed by atoms with Crippen LogP contribution in [0.25, 0.3) is 33.8 Å². The predicted octanol–water partition coefficient (Wildman–Crippen LogP) is 2.92. The van der Waals surface area contributed by atoms with Crippen molar-refractivity contribution in [1.29, 1.82) is 0 Å². The van der Waals surface area contributed by atoms with Crippen molar-refractivity contribution in [3.05, 3.63) is 48.3 Å². The maximum absolute atomic E-state index is 13.2. The van der Waals surface area contributed by atoms with Gasteiger partial charge in [0.1, 0.15) is 34.7 Å². The minimum Gasteiger partial charge on any atom is -0.372 e. The van der Waals surface area contributed by atoms with Crippen LogP contribution in [0.15, 0.2) is 36.9 Å². The number of ether oxygens (including phenoxy) is 1. The molecule has 3 aliphatic heterocycles. The maximum atomic E-state index is 13.2. The van der Waals surface area contributed by atoms with Crippen LogP contribution in [0.5, 0.6) is 0 Å². The Balaban J connectivity index is 1.33. The molecule has 3 aliphatic rings. The number of anilines is 1. The fourth-order valence-electron chi connectivity index (χ4n) is 5.67. The van der Waals surface area contributed by atoms with E-state index in [9.17, 15) is 4.79 Å². The number of hydrogen-bond acceptors (Lipinski definition) is 8. The molecular formula is C26H26N8O2. The van der Waals surface area contributed by atoms with E-state index in [-0.39, 0.29) is 11.5 Å². The lowest BCUT2D eigenvalue weighted by Crippen LogP contribution is -2.73. The van der Waals surface area contributed by atoms with Crippen molar-refractivity contribution in [2.75, 3.05) is 25.0 Å². The molecule has 2 fully saturated rings. The van der Waals surface area contributed by atoms with Gasteiger partial charge >= 0.3 is 0 Å². The minimum absolute atomic E-state index is 0.00595. The van der Waals surface area contributed by atoms with Gasteiger partial charge in [-0.15, -0.1) is 0 Å². The topological polar surface area (TPSA) is 111 Å². The Morgan fingerprint density at radius 1 is 1.11 bits per heavy atom. The average Bonchev–Trinajstić information content (AvgIpc) is 3.32. The van der Waals surface area contributed by atoms with Gasteiger partial charge in [0.2, 0.25) is 5.91 Å². The van der Waals surface area contributed by atoms with Crippen molar-refractivity contribution in [3.8, 4) is 22.6 Å². The highest BCUT2D eigenvalue weighted by molar-refractivity contribution is 6.06. The third kappa shape index (κ3) is 2.85. The van der Waals surface area contributed by atoms with Gasteiger partial charge in [0.15, 0.2) is 5.65 Å². The molecule has 1 N–H and O–H groups in total. The number of carbonyl (C=O) groups is 1. The monoisotopic (exact) mass is 482 g/mol. The van der Waals surface area contributed by atoms with Crippen molar-refractivity contribution in [3.63, 3.8) is 0 Å². The fourth-order valence-corrected chi connectivity index (χ4v) is 5.67. The lowest BCUT2D eigenvalue weighted by Gasteiger charge is -2.59. The molecule has 4 aromatic rings. The number of imidazole rings is 1. The van der Waals surface area contributed by atoms with E-state index >= 15 is 0 Å². The van der Waals surface area contributed by atoms with Crippen molar-refractivity contribution in [2.24, 2.45) is 0 Å². The molecule has 6 heterocycles. The maximum Gasteiger partial charge on any atom is 0.249 e. The molecule has 10 heteroatoms. The first-order chi connectivity index (χ1) is 17.4. The summed E-state index contributed by atoms with van der Waals surface area (Å²) < 4.78 is 7.86. The molecule has 0 saturated carbocycles. The van der Waals surface area contributed by atoms with Gasteiger partial charge in [0, 0.05) is 55.3 Å². The number of nitrogens with one attached hydrogen (secondary N) is 1. The summed E-state index contributed by atoms with van der Waals surface area (Å²) in [6, 6.07) is 6.02. The van der Waals surface area contributed by atoms with Crippen LogP contribution in [0.2, 0.25) is 0 Å². The van der Waals surface area contributed by atoms with Gasteiger partial charge in [-0.1, -0.05) is 6.07 Å². The van der Waals surface area contributed by atoms with Gasteiger partial charge in [-0.3, -0.25) is 9.69 Å². The summed E-state index contributed by atoms with van der Waals surface area (Å²) in [6.07, 6.45) is 6.20. The van der Waals surface area contributed by atoms with Crippen molar-refractivity contribution in [1.82, 2.24) is 34.4 Å². The zero-order valence-corrected chi connectivity index (χ0v) is 20.4. The molecule has 1 unspecified atom stereocenters. The Kier molecular flexibility index (Phi) is 4.41. The molecule has 36 heavy (non-hydrogen) atoms. The fraction of sp³-hybridized carbons (Fsp3) is 0.385. The summed E-state index contributed by atoms with van der Waals surface area (Å²) in [7, 11) is 0. The first-order valence-corrected chi connectivity index (χ1v) is 12.3. The number of nitrogens with zero attached hydrogens (tertiary/aromatic N) is 7. The van der Waals surface area contributed by atoms with Crippen LogP contribution in [0, 0.1) is 6.92 Å². The minimum atomic E-state index is -0.755. The molecule has 1 spiro atoms. The summed E-state index contributed by atoms with van der Waals surface area (Å²) in [5.41, 5.74) is 4.88. The Morgan fingerprint density at radius 3 is 2.58 bits per heavy atom. The van der Waals surface area contributed by atoms with Crippen LogP contribution in [-0.4, -0.2) is 65.6 Å². The third-order valence-corrected chi connectivity index (χ3v) is 7.95. The highest BCUT2D eigenvalue weighted by Gasteiger charge is 2.59. The van der Waals surface area contributed by atoms with Crippen LogP contribution >= 0.6 is 0 Å². The number of likely N-dealkylation sites (tertiary alicyclic amines) is 1. The summed E-state index contributed by atoms with van der Waals surface area (Å²) in [6.45, 7) is 8.95. The Bertz CT molecular complexity index is 1530. The third-order valence-electron chi connectivity index (χ3n) is 7.95. The van der Waals surface area contributed by atoms with E-state index in [1.165, 1.54) is 0 Å². The lowest BCUT2D eigenvalue weighted by atomic mass is 9.79. The molecule has 10 nitrogen and oxygen atoms in total. The molecule has 1 atom stereocenters. The molecule has 1 amide bonds. The number of aryl methyl sites for hydroxylation is 2. The van der Waals surface area contributed by atoms with Gasteiger partial charge in [0.05, 0.1) is 17.8 Å². The number of fused-ring (bicyclic) bond motifs is 2. The van der Waals surface area contributed by atoms with Crippen molar-refractivity contribution < 1.29 is 9.53 Å². The molecule has 1 aromatic carbocycles. The molecule has 3 aromatic heterocycles. The van der Waals surface area contributed by atoms with Gasteiger partial charge in [-0.05, 0) is 32.9 Å². The normalized spacial score (nSPS) is 22.4. The number of benzene rings is 1. The highest BCUT2D eigenvalue weighted by Crippen LogP contribution is 2.48. The first kappa shape index (κ1) is 21.5. The number of aromatic nitrogens is 6. The van der Waals surface area contributed by atoms with Gasteiger partial charge in [-0.25, -0.2) is 24.9 Å². The summed E-state index contributed by atoms with van der Waals surface area (Å²) in [5, 5.41) is 3.08. The van der Waals surface area contributed by atoms with Crippen LogP contribution in [0.4, 0.5) is 5.69 Å². The number of rotatable bonds is 4. The number of carbonyl (C=O) groups excluding carboxylic acids is 1. The molecular weight excluding hydrogens is 456 g/mol. The van der Waals surface area contributed by atoms with Crippen molar-refractivity contribution in [2.45, 2.75) is 44.9 Å². The van der Waals surface area contributed by atoms with E-state index in [0.29, 0.717) is 17.9 Å². The second-order valence-electron chi connectivity index (χ2n) is 10.0. The summed E-state index contributed by atoms with van der Waals surface area (Å²) in [4.78, 5) is 38.2. The lowest BCUT2D eigenvalue weighted by molar-refractivity contribution is -0.239. The summed E-state index contributed by atoms with van der Waals surface area (Å²) in [5.74, 6) is 1.46. The Hall–Kier alpha value is -3.76. The van der Waals surface area contributed by atoms with Crippen molar-refractivity contribution >= 4 is 22.8 Å². The zero-order chi connectivity index (χ0) is 24.7.